The predicted molar refractivity (Wildman–Crippen MR) is 137 cm³/mol. The molecule has 4 aromatic rings. The second kappa shape index (κ2) is 7.98. The Bertz CT molecular complexity index is 1090. The summed E-state index contributed by atoms with van der Waals surface area (Å²) in [5, 5.41) is 2.88. The zero-order valence-electron chi connectivity index (χ0n) is 16.8. The number of carbonyl (C=O) groups is 1. The Morgan fingerprint density at radius 3 is 1.74 bits per heavy atom. The molecule has 0 saturated carbocycles. The first-order chi connectivity index (χ1) is 15.1. The summed E-state index contributed by atoms with van der Waals surface area (Å²) in [6, 6.07) is 31.6. The third-order valence-electron chi connectivity index (χ3n) is 6.20. The molecule has 0 radical (unpaired) electrons. The fourth-order valence-electron chi connectivity index (χ4n) is 4.80. The van der Waals surface area contributed by atoms with Crippen LogP contribution in [0.2, 0.25) is 0 Å². The average Bonchev–Trinajstić information content (AvgIpc) is 3.50. The maximum atomic E-state index is 14.1. The van der Waals surface area contributed by atoms with Gasteiger partial charge in [0.1, 0.15) is 0 Å². The van der Waals surface area contributed by atoms with Gasteiger partial charge in [-0.1, -0.05) is 0 Å². The van der Waals surface area contributed by atoms with Crippen LogP contribution in [-0.4, -0.2) is 23.1 Å². The number of rotatable bonds is 5. The van der Waals surface area contributed by atoms with Gasteiger partial charge in [0.15, 0.2) is 0 Å². The second-order valence-corrected chi connectivity index (χ2v) is 17.3. The topological polar surface area (TPSA) is 33.2 Å². The number of amides is 1. The molecule has 2 heterocycles. The third kappa shape index (κ3) is 3.02. The van der Waals surface area contributed by atoms with Crippen LogP contribution in [0.4, 0.5) is 5.13 Å². The summed E-state index contributed by atoms with van der Waals surface area (Å²) in [6.45, 7) is 0.674. The van der Waals surface area contributed by atoms with Crippen LogP contribution in [0.15, 0.2) is 103 Å². The monoisotopic (exact) mass is 508 g/mol. The molecule has 1 unspecified atom stereocenters. The van der Waals surface area contributed by atoms with Crippen molar-refractivity contribution in [1.82, 2.24) is 4.98 Å². The van der Waals surface area contributed by atoms with Gasteiger partial charge in [-0.05, 0) is 0 Å². The van der Waals surface area contributed by atoms with Crippen LogP contribution in [0, 0.1) is 0 Å². The average molecular weight is 509 g/mol. The zero-order chi connectivity index (χ0) is 21.3. The summed E-state index contributed by atoms with van der Waals surface area (Å²) in [5.41, 5.74) is -0.220. The van der Waals surface area contributed by atoms with Gasteiger partial charge in [0, 0.05) is 0 Å². The van der Waals surface area contributed by atoms with E-state index in [-0.39, 0.29) is 11.6 Å². The first-order valence-corrected chi connectivity index (χ1v) is 15.5. The van der Waals surface area contributed by atoms with E-state index in [0.29, 0.717) is 6.54 Å². The summed E-state index contributed by atoms with van der Waals surface area (Å²) < 4.78 is 0. The van der Waals surface area contributed by atoms with Gasteiger partial charge in [-0.25, -0.2) is 0 Å². The molecule has 1 aliphatic heterocycles. The van der Waals surface area contributed by atoms with Gasteiger partial charge in [-0.2, -0.15) is 0 Å². The summed E-state index contributed by atoms with van der Waals surface area (Å²) in [7, 11) is 0. The zero-order valence-corrected chi connectivity index (χ0v) is 20.1. The van der Waals surface area contributed by atoms with E-state index >= 15 is 0 Å². The molecule has 156 valence electrons. The molecule has 1 fully saturated rings. The number of aromatic nitrogens is 1. The number of hydrogen-bond acceptors (Lipinski definition) is 3. The summed E-state index contributed by atoms with van der Waals surface area (Å²) in [6.07, 6.45) is 2.53. The number of anilines is 1. The molecule has 0 spiro atoms. The number of halogens is 1. The molecule has 1 aliphatic rings. The molecule has 5 rings (SSSR count). The number of thiazole rings is 1. The van der Waals surface area contributed by atoms with Crippen LogP contribution in [0.1, 0.15) is 6.42 Å². The Kier molecular flexibility index (Phi) is 5.29. The standard InChI is InChI=1S/C25H22BrN2OPS/c26-30(20-10-4-1-5-11-20,21-12-6-2-7-13-21,22-14-8-3-9-15-22)23-16-18-28(24(23)29)25-27-17-19-31-25/h1-15,17,19,23H,16,18H2. The Balaban J connectivity index is 1.83. The van der Waals surface area contributed by atoms with Gasteiger partial charge in [-0.3, -0.25) is 0 Å². The van der Waals surface area contributed by atoms with Crippen LogP contribution in [0.5, 0.6) is 0 Å². The fourth-order valence-corrected chi connectivity index (χ4v) is 14.1. The maximum absolute atomic E-state index is 14.1. The first kappa shape index (κ1) is 20.6. The second-order valence-electron chi connectivity index (χ2n) is 7.69. The predicted octanol–water partition coefficient (Wildman–Crippen LogP) is 5.09. The van der Waals surface area contributed by atoms with E-state index in [0.717, 1.165) is 11.6 Å². The molecular formula is C25H22BrN2OPS. The van der Waals surface area contributed by atoms with Crippen molar-refractivity contribution in [3.63, 3.8) is 0 Å². The van der Waals surface area contributed by atoms with Crippen molar-refractivity contribution in [2.75, 3.05) is 11.4 Å². The van der Waals surface area contributed by atoms with E-state index in [9.17, 15) is 4.79 Å². The molecular weight excluding hydrogens is 487 g/mol. The van der Waals surface area contributed by atoms with E-state index in [4.69, 9.17) is 0 Å². The number of hydrogen-bond donors (Lipinski definition) is 0. The molecule has 0 aliphatic carbocycles. The van der Waals surface area contributed by atoms with Gasteiger partial charge in [0.25, 0.3) is 0 Å². The molecule has 1 amide bonds. The van der Waals surface area contributed by atoms with E-state index in [1.165, 1.54) is 27.3 Å². The van der Waals surface area contributed by atoms with Gasteiger partial charge in [0.2, 0.25) is 0 Å². The van der Waals surface area contributed by atoms with E-state index in [1.807, 2.05) is 28.5 Å². The number of carbonyl (C=O) groups excluding carboxylic acids is 1. The van der Waals surface area contributed by atoms with Crippen molar-refractivity contribution in [3.05, 3.63) is 103 Å². The first-order valence-electron chi connectivity index (χ1n) is 10.2. The SMILES string of the molecule is O=C1C(P(Br)(c2ccccc2)(c2ccccc2)c2ccccc2)CCN1c1nccs1. The van der Waals surface area contributed by atoms with E-state index in [2.05, 4.69) is 93.3 Å². The van der Waals surface area contributed by atoms with Crippen molar-refractivity contribution in [2.24, 2.45) is 0 Å². The Labute approximate surface area is 194 Å². The van der Waals surface area contributed by atoms with Crippen molar-refractivity contribution in [3.8, 4) is 0 Å². The van der Waals surface area contributed by atoms with E-state index in [1.54, 1.807) is 6.20 Å². The summed E-state index contributed by atoms with van der Waals surface area (Å²) >= 11 is 5.96. The Morgan fingerprint density at radius 2 is 1.32 bits per heavy atom. The molecule has 1 atom stereocenters. The summed E-state index contributed by atoms with van der Waals surface area (Å²) in [4.78, 5) is 20.4. The van der Waals surface area contributed by atoms with Gasteiger partial charge in [0.05, 0.1) is 0 Å². The van der Waals surface area contributed by atoms with Gasteiger partial charge >= 0.3 is 195 Å². The van der Waals surface area contributed by atoms with Crippen molar-refractivity contribution < 1.29 is 4.79 Å². The third-order valence-corrected chi connectivity index (χ3v) is 17.7. The molecule has 0 bridgehead atoms. The molecule has 3 nitrogen and oxygen atoms in total. The molecule has 1 saturated heterocycles. The number of benzene rings is 3. The molecule has 6 heteroatoms. The Hall–Kier alpha value is -2.33. The van der Waals surface area contributed by atoms with Crippen LogP contribution < -0.4 is 20.8 Å². The van der Waals surface area contributed by atoms with Crippen LogP contribution in [0.25, 0.3) is 0 Å². The van der Waals surface area contributed by atoms with Gasteiger partial charge in [-0.15, -0.1) is 0 Å². The normalized spacial score (nSPS) is 18.0. The van der Waals surface area contributed by atoms with E-state index < -0.39 is 5.31 Å². The fraction of sp³-hybridized carbons (Fsp3) is 0.120. The van der Waals surface area contributed by atoms with Crippen molar-refractivity contribution in [1.29, 1.82) is 0 Å². The molecule has 1 aromatic heterocycles. The van der Waals surface area contributed by atoms with Crippen LogP contribution in [-0.2, 0) is 4.79 Å². The summed E-state index contributed by atoms with van der Waals surface area (Å²) in [5.74, 6) is 0.140. The quantitative estimate of drug-likeness (QED) is 0.352. The number of nitrogens with zero attached hydrogens (tertiary/aromatic N) is 2. The Morgan fingerprint density at radius 1 is 0.839 bits per heavy atom. The minimum atomic E-state index is -3.33. The molecule has 0 N–H and O–H groups in total. The van der Waals surface area contributed by atoms with Gasteiger partial charge < -0.3 is 0 Å². The van der Waals surface area contributed by atoms with Crippen molar-refractivity contribution >= 4 is 59.1 Å². The van der Waals surface area contributed by atoms with Crippen molar-refractivity contribution in [2.45, 2.75) is 12.1 Å². The molecule has 3 aromatic carbocycles. The molecule has 31 heavy (non-hydrogen) atoms. The minimum absolute atomic E-state index is 0.140. The van der Waals surface area contributed by atoms with Crippen LogP contribution in [0.3, 0.4) is 0 Å². The van der Waals surface area contributed by atoms with Crippen LogP contribution >= 0.6 is 32.1 Å².